The van der Waals surface area contributed by atoms with Gasteiger partial charge in [0, 0.05) is 55.2 Å². The second-order valence-corrected chi connectivity index (χ2v) is 7.01. The predicted molar refractivity (Wildman–Crippen MR) is 101 cm³/mol. The zero-order valence-corrected chi connectivity index (χ0v) is 14.8. The molecule has 0 radical (unpaired) electrons. The molecule has 3 heterocycles. The van der Waals surface area contributed by atoms with Crippen molar-refractivity contribution in [1.29, 1.82) is 0 Å². The van der Waals surface area contributed by atoms with Crippen LogP contribution in [0.1, 0.15) is 30.0 Å². The zero-order valence-electron chi connectivity index (χ0n) is 14.8. The summed E-state index contributed by atoms with van der Waals surface area (Å²) in [5, 5.41) is 2.41. The molecule has 0 saturated carbocycles. The summed E-state index contributed by atoms with van der Waals surface area (Å²) in [6.45, 7) is 4.43. The number of aromatic nitrogens is 3. The van der Waals surface area contributed by atoms with E-state index >= 15 is 0 Å². The first-order valence-electron chi connectivity index (χ1n) is 8.98. The fourth-order valence-corrected chi connectivity index (χ4v) is 3.76. The smallest absolute Gasteiger partial charge is 0.299 e. The third-order valence-electron chi connectivity index (χ3n) is 5.24. The summed E-state index contributed by atoms with van der Waals surface area (Å²) in [5.41, 5.74) is 1.21. The van der Waals surface area contributed by atoms with E-state index in [0.717, 1.165) is 37.9 Å². The quantitative estimate of drug-likeness (QED) is 0.786. The largest absolute Gasteiger partial charge is 0.328 e. The van der Waals surface area contributed by atoms with Crippen LogP contribution in [0, 0.1) is 6.92 Å². The number of rotatable bonds is 3. The molecule has 6 heteroatoms. The Kier molecular flexibility index (Phi) is 4.42. The second-order valence-electron chi connectivity index (χ2n) is 7.01. The molecular formula is C20H22N4O2. The number of piperidine rings is 1. The van der Waals surface area contributed by atoms with Crippen molar-refractivity contribution in [2.45, 2.75) is 32.4 Å². The number of aryl methyl sites for hydroxylation is 1. The standard InChI is InChI=1S/C20H22N4O2/c1-14-12-24(20(26)22-19(14)25)17-6-8-23(9-7-17)13-16-11-21-10-15-4-2-3-5-18(15)16/h2-5,10-12,17H,6-9,13H2,1H3,(H,22,25,26). The monoisotopic (exact) mass is 350 g/mol. The molecule has 2 aromatic heterocycles. The molecule has 0 spiro atoms. The van der Waals surface area contributed by atoms with E-state index in [-0.39, 0.29) is 17.3 Å². The maximum Gasteiger partial charge on any atom is 0.328 e. The molecule has 1 N–H and O–H groups in total. The summed E-state index contributed by atoms with van der Waals surface area (Å²) in [7, 11) is 0. The molecule has 4 rings (SSSR count). The van der Waals surface area contributed by atoms with Gasteiger partial charge in [-0.05, 0) is 30.7 Å². The van der Waals surface area contributed by atoms with Crippen LogP contribution in [0.25, 0.3) is 10.8 Å². The van der Waals surface area contributed by atoms with E-state index in [9.17, 15) is 9.59 Å². The molecule has 0 atom stereocenters. The first kappa shape index (κ1) is 16.7. The van der Waals surface area contributed by atoms with Crippen molar-refractivity contribution in [3.63, 3.8) is 0 Å². The minimum Gasteiger partial charge on any atom is -0.299 e. The molecule has 6 nitrogen and oxygen atoms in total. The fourth-order valence-electron chi connectivity index (χ4n) is 3.76. The van der Waals surface area contributed by atoms with Crippen molar-refractivity contribution in [3.8, 4) is 0 Å². The Morgan fingerprint density at radius 3 is 2.73 bits per heavy atom. The molecular weight excluding hydrogens is 328 g/mol. The van der Waals surface area contributed by atoms with Crippen LogP contribution in [-0.4, -0.2) is 32.5 Å². The van der Waals surface area contributed by atoms with Crippen LogP contribution < -0.4 is 11.2 Å². The average molecular weight is 350 g/mol. The van der Waals surface area contributed by atoms with Crippen LogP contribution in [0.15, 0.2) is 52.4 Å². The third-order valence-corrected chi connectivity index (χ3v) is 5.24. The molecule has 3 aromatic rings. The molecule has 0 aliphatic carbocycles. The number of nitrogens with one attached hydrogen (secondary N) is 1. The number of hydrogen-bond acceptors (Lipinski definition) is 4. The third kappa shape index (κ3) is 3.20. The SMILES string of the molecule is Cc1cn(C2CCN(Cc3cncc4ccccc34)CC2)c(=O)[nH]c1=O. The summed E-state index contributed by atoms with van der Waals surface area (Å²) in [6.07, 6.45) is 7.32. The number of hydrogen-bond donors (Lipinski definition) is 1. The topological polar surface area (TPSA) is 71.0 Å². The maximum atomic E-state index is 12.1. The lowest BCUT2D eigenvalue weighted by Gasteiger charge is -2.33. The summed E-state index contributed by atoms with van der Waals surface area (Å²) >= 11 is 0. The molecule has 0 unspecified atom stereocenters. The Labute approximate surface area is 151 Å². The predicted octanol–water partition coefficient (Wildman–Crippen LogP) is 2.23. The summed E-state index contributed by atoms with van der Waals surface area (Å²) in [6, 6.07) is 8.46. The van der Waals surface area contributed by atoms with Crippen LogP contribution >= 0.6 is 0 Å². The van der Waals surface area contributed by atoms with Gasteiger partial charge in [-0.3, -0.25) is 24.2 Å². The molecule has 26 heavy (non-hydrogen) atoms. The van der Waals surface area contributed by atoms with Crippen molar-refractivity contribution in [3.05, 3.63) is 74.8 Å². The van der Waals surface area contributed by atoms with Gasteiger partial charge in [0.05, 0.1) is 0 Å². The number of H-pyrrole nitrogens is 1. The van der Waals surface area contributed by atoms with Crippen molar-refractivity contribution >= 4 is 10.8 Å². The van der Waals surface area contributed by atoms with Crippen molar-refractivity contribution < 1.29 is 0 Å². The van der Waals surface area contributed by atoms with E-state index in [2.05, 4.69) is 33.1 Å². The highest BCUT2D eigenvalue weighted by molar-refractivity contribution is 5.84. The van der Waals surface area contributed by atoms with Gasteiger partial charge in [-0.15, -0.1) is 0 Å². The van der Waals surface area contributed by atoms with Gasteiger partial charge in [-0.25, -0.2) is 4.79 Å². The highest BCUT2D eigenvalue weighted by Gasteiger charge is 2.22. The number of pyridine rings is 1. The summed E-state index contributed by atoms with van der Waals surface area (Å²) in [4.78, 5) is 32.8. The molecule has 1 fully saturated rings. The Bertz CT molecular complexity index is 1040. The minimum absolute atomic E-state index is 0.139. The van der Waals surface area contributed by atoms with Crippen molar-refractivity contribution in [2.24, 2.45) is 0 Å². The number of nitrogens with zero attached hydrogens (tertiary/aromatic N) is 3. The van der Waals surface area contributed by atoms with Gasteiger partial charge in [0.15, 0.2) is 0 Å². The van der Waals surface area contributed by atoms with Crippen LogP contribution in [-0.2, 0) is 6.54 Å². The van der Waals surface area contributed by atoms with E-state index < -0.39 is 0 Å². The van der Waals surface area contributed by atoms with Gasteiger partial charge >= 0.3 is 5.69 Å². The van der Waals surface area contributed by atoms with E-state index in [4.69, 9.17) is 0 Å². The van der Waals surface area contributed by atoms with E-state index in [1.165, 1.54) is 10.9 Å². The van der Waals surface area contributed by atoms with E-state index in [0.29, 0.717) is 5.56 Å². The highest BCUT2D eigenvalue weighted by Crippen LogP contribution is 2.24. The van der Waals surface area contributed by atoms with Crippen molar-refractivity contribution in [1.82, 2.24) is 19.4 Å². The normalized spacial score (nSPS) is 16.2. The lowest BCUT2D eigenvalue weighted by molar-refractivity contribution is 0.177. The number of likely N-dealkylation sites (tertiary alicyclic amines) is 1. The minimum atomic E-state index is -0.308. The molecule has 1 saturated heterocycles. The lowest BCUT2D eigenvalue weighted by atomic mass is 10.0. The van der Waals surface area contributed by atoms with Gasteiger partial charge < -0.3 is 0 Å². The molecule has 0 bridgehead atoms. The van der Waals surface area contributed by atoms with Gasteiger partial charge in [-0.1, -0.05) is 24.3 Å². The second kappa shape index (κ2) is 6.88. The molecule has 134 valence electrons. The molecule has 1 aliphatic rings. The van der Waals surface area contributed by atoms with Gasteiger partial charge in [-0.2, -0.15) is 0 Å². The van der Waals surface area contributed by atoms with Crippen LogP contribution in [0.5, 0.6) is 0 Å². The van der Waals surface area contributed by atoms with E-state index in [1.54, 1.807) is 17.7 Å². The molecule has 1 aliphatic heterocycles. The van der Waals surface area contributed by atoms with Gasteiger partial charge in [0.1, 0.15) is 0 Å². The number of fused-ring (bicyclic) bond motifs is 1. The van der Waals surface area contributed by atoms with Gasteiger partial charge in [0.25, 0.3) is 5.56 Å². The van der Waals surface area contributed by atoms with E-state index in [1.807, 2.05) is 18.5 Å². The maximum absolute atomic E-state index is 12.1. The first-order chi connectivity index (χ1) is 12.6. The Balaban J connectivity index is 1.48. The molecule has 1 aromatic carbocycles. The summed E-state index contributed by atoms with van der Waals surface area (Å²) < 4.78 is 1.69. The van der Waals surface area contributed by atoms with Crippen LogP contribution in [0.3, 0.4) is 0 Å². The Morgan fingerprint density at radius 2 is 1.92 bits per heavy atom. The molecule has 0 amide bonds. The van der Waals surface area contributed by atoms with Gasteiger partial charge in [0.2, 0.25) is 0 Å². The van der Waals surface area contributed by atoms with Crippen LogP contribution in [0.2, 0.25) is 0 Å². The summed E-state index contributed by atoms with van der Waals surface area (Å²) in [5.74, 6) is 0. The number of benzene rings is 1. The number of aromatic amines is 1. The lowest BCUT2D eigenvalue weighted by Crippen LogP contribution is -2.39. The average Bonchev–Trinajstić information content (AvgIpc) is 2.66. The zero-order chi connectivity index (χ0) is 18.1. The fraction of sp³-hybridized carbons (Fsp3) is 0.350. The Morgan fingerprint density at radius 1 is 1.15 bits per heavy atom. The Hall–Kier alpha value is -2.73. The van der Waals surface area contributed by atoms with Crippen LogP contribution in [0.4, 0.5) is 0 Å². The highest BCUT2D eigenvalue weighted by atomic mass is 16.2. The van der Waals surface area contributed by atoms with Crippen molar-refractivity contribution in [2.75, 3.05) is 13.1 Å². The first-order valence-corrected chi connectivity index (χ1v) is 8.98.